The minimum atomic E-state index is -0.197. The number of rotatable bonds is 2. The molecule has 1 aliphatic heterocycles. The van der Waals surface area contributed by atoms with Crippen molar-refractivity contribution in [3.05, 3.63) is 18.2 Å². The Kier molecular flexibility index (Phi) is 2.77. The monoisotopic (exact) mass is 221 g/mol. The normalized spacial score (nSPS) is 17.9. The molecule has 1 aliphatic rings. The number of nitrogens with one attached hydrogen (secondary N) is 1. The van der Waals surface area contributed by atoms with Gasteiger partial charge in [-0.05, 0) is 13.8 Å². The molecule has 86 valence electrons. The van der Waals surface area contributed by atoms with Gasteiger partial charge in [0.05, 0.1) is 6.33 Å². The van der Waals surface area contributed by atoms with Gasteiger partial charge in [0.2, 0.25) is 11.8 Å². The molecule has 0 spiro atoms. The third kappa shape index (κ3) is 1.98. The Balaban J connectivity index is 2.26. The smallest absolute Gasteiger partial charge is 0.227 e. The quantitative estimate of drug-likeness (QED) is 0.757. The number of imidazole rings is 1. The first-order valence-electron chi connectivity index (χ1n) is 5.42. The summed E-state index contributed by atoms with van der Waals surface area (Å²) < 4.78 is 2.01. The SMILES string of the molecule is CC(C)n1cncc1C1CC(=O)NC(=O)C1. The number of imide groups is 1. The highest BCUT2D eigenvalue weighted by atomic mass is 16.2. The number of hydrogen-bond acceptors (Lipinski definition) is 3. The Morgan fingerprint density at radius 3 is 2.56 bits per heavy atom. The van der Waals surface area contributed by atoms with Crippen molar-refractivity contribution in [2.24, 2.45) is 0 Å². The topological polar surface area (TPSA) is 64.0 Å². The summed E-state index contributed by atoms with van der Waals surface area (Å²) in [6.45, 7) is 4.10. The Morgan fingerprint density at radius 2 is 2.00 bits per heavy atom. The molecule has 1 saturated heterocycles. The lowest BCUT2D eigenvalue weighted by Gasteiger charge is -2.23. The lowest BCUT2D eigenvalue weighted by Crippen LogP contribution is -2.38. The van der Waals surface area contributed by atoms with E-state index in [4.69, 9.17) is 0 Å². The highest BCUT2D eigenvalue weighted by molar-refractivity contribution is 5.98. The van der Waals surface area contributed by atoms with Crippen LogP contribution in [-0.2, 0) is 9.59 Å². The van der Waals surface area contributed by atoms with E-state index in [1.807, 2.05) is 4.57 Å². The van der Waals surface area contributed by atoms with Crippen LogP contribution >= 0.6 is 0 Å². The van der Waals surface area contributed by atoms with E-state index < -0.39 is 0 Å². The number of carbonyl (C=O) groups is 2. The molecule has 0 atom stereocenters. The predicted octanol–water partition coefficient (Wildman–Crippen LogP) is 0.984. The average Bonchev–Trinajstić information content (AvgIpc) is 2.63. The summed E-state index contributed by atoms with van der Waals surface area (Å²) in [4.78, 5) is 26.7. The van der Waals surface area contributed by atoms with Gasteiger partial charge >= 0.3 is 0 Å². The minimum Gasteiger partial charge on any atom is -0.332 e. The molecule has 5 nitrogen and oxygen atoms in total. The number of aromatic nitrogens is 2. The molecule has 0 aliphatic carbocycles. The van der Waals surface area contributed by atoms with Crippen LogP contribution in [0.15, 0.2) is 12.5 Å². The van der Waals surface area contributed by atoms with Crippen molar-refractivity contribution in [1.82, 2.24) is 14.9 Å². The number of nitrogens with zero attached hydrogens (tertiary/aromatic N) is 2. The lowest BCUT2D eigenvalue weighted by atomic mass is 9.93. The average molecular weight is 221 g/mol. The second-order valence-electron chi connectivity index (χ2n) is 4.40. The summed E-state index contributed by atoms with van der Waals surface area (Å²) in [6.07, 6.45) is 4.22. The van der Waals surface area contributed by atoms with E-state index in [0.717, 1.165) is 5.69 Å². The third-order valence-electron chi connectivity index (χ3n) is 2.81. The van der Waals surface area contributed by atoms with E-state index in [2.05, 4.69) is 24.1 Å². The maximum Gasteiger partial charge on any atom is 0.227 e. The van der Waals surface area contributed by atoms with Gasteiger partial charge in [-0.2, -0.15) is 0 Å². The Hall–Kier alpha value is -1.65. The molecule has 0 bridgehead atoms. The van der Waals surface area contributed by atoms with E-state index in [9.17, 15) is 9.59 Å². The molecular formula is C11H15N3O2. The molecule has 0 saturated carbocycles. The number of amides is 2. The highest BCUT2D eigenvalue weighted by Crippen LogP contribution is 2.27. The van der Waals surface area contributed by atoms with Crippen LogP contribution < -0.4 is 5.32 Å². The van der Waals surface area contributed by atoms with Gasteiger partial charge in [0.1, 0.15) is 0 Å². The van der Waals surface area contributed by atoms with Crippen molar-refractivity contribution in [2.75, 3.05) is 0 Å². The first-order chi connectivity index (χ1) is 7.58. The zero-order valence-electron chi connectivity index (χ0n) is 9.43. The fraction of sp³-hybridized carbons (Fsp3) is 0.545. The van der Waals surface area contributed by atoms with Crippen molar-refractivity contribution in [2.45, 2.75) is 38.6 Å². The van der Waals surface area contributed by atoms with Gasteiger partial charge in [0.25, 0.3) is 0 Å². The van der Waals surface area contributed by atoms with Crippen LogP contribution in [0.4, 0.5) is 0 Å². The Morgan fingerprint density at radius 1 is 1.38 bits per heavy atom. The summed E-state index contributed by atoms with van der Waals surface area (Å²) in [7, 11) is 0. The van der Waals surface area contributed by atoms with Crippen molar-refractivity contribution in [1.29, 1.82) is 0 Å². The van der Waals surface area contributed by atoms with E-state index >= 15 is 0 Å². The second kappa shape index (κ2) is 4.08. The van der Waals surface area contributed by atoms with Gasteiger partial charge in [0, 0.05) is 36.7 Å². The molecule has 16 heavy (non-hydrogen) atoms. The van der Waals surface area contributed by atoms with Crippen LogP contribution in [0, 0.1) is 0 Å². The van der Waals surface area contributed by atoms with Crippen molar-refractivity contribution in [3.8, 4) is 0 Å². The zero-order valence-corrected chi connectivity index (χ0v) is 9.43. The Labute approximate surface area is 93.9 Å². The van der Waals surface area contributed by atoms with Crippen LogP contribution in [0.2, 0.25) is 0 Å². The summed E-state index contributed by atoms with van der Waals surface area (Å²) >= 11 is 0. The fourth-order valence-electron chi connectivity index (χ4n) is 2.05. The zero-order chi connectivity index (χ0) is 11.7. The molecule has 5 heteroatoms. The van der Waals surface area contributed by atoms with Gasteiger partial charge in [0.15, 0.2) is 0 Å². The van der Waals surface area contributed by atoms with Crippen LogP contribution in [0.1, 0.15) is 44.3 Å². The largest absolute Gasteiger partial charge is 0.332 e. The number of carbonyl (C=O) groups excluding carboxylic acids is 2. The molecule has 0 radical (unpaired) electrons. The first kappa shape index (κ1) is 10.9. The molecule has 0 aromatic carbocycles. The predicted molar refractivity (Wildman–Crippen MR) is 57.7 cm³/mol. The summed E-state index contributed by atoms with van der Waals surface area (Å²) in [5.41, 5.74) is 0.971. The van der Waals surface area contributed by atoms with E-state index in [1.54, 1.807) is 12.5 Å². The summed E-state index contributed by atoms with van der Waals surface area (Å²) in [5, 5.41) is 2.31. The van der Waals surface area contributed by atoms with Crippen molar-refractivity contribution in [3.63, 3.8) is 0 Å². The summed E-state index contributed by atoms with van der Waals surface area (Å²) in [5.74, 6) is -0.429. The number of piperidine rings is 1. The lowest BCUT2D eigenvalue weighted by molar-refractivity contribution is -0.133. The molecular weight excluding hydrogens is 206 g/mol. The minimum absolute atomic E-state index is 0.0360. The fourth-order valence-corrected chi connectivity index (χ4v) is 2.05. The number of hydrogen-bond donors (Lipinski definition) is 1. The first-order valence-corrected chi connectivity index (χ1v) is 5.42. The molecule has 1 aromatic heterocycles. The maximum atomic E-state index is 11.3. The molecule has 1 aromatic rings. The van der Waals surface area contributed by atoms with Crippen molar-refractivity contribution >= 4 is 11.8 Å². The van der Waals surface area contributed by atoms with Crippen molar-refractivity contribution < 1.29 is 9.59 Å². The van der Waals surface area contributed by atoms with Gasteiger partial charge in [-0.25, -0.2) is 4.98 Å². The van der Waals surface area contributed by atoms with Gasteiger partial charge < -0.3 is 4.57 Å². The van der Waals surface area contributed by atoms with Crippen LogP contribution in [0.5, 0.6) is 0 Å². The van der Waals surface area contributed by atoms with E-state index in [-0.39, 0.29) is 23.8 Å². The standard InChI is InChI=1S/C11H15N3O2/c1-7(2)14-6-12-5-9(14)8-3-10(15)13-11(16)4-8/h5-8H,3-4H2,1-2H3,(H,13,15,16). The molecule has 2 rings (SSSR count). The van der Waals surface area contributed by atoms with Gasteiger partial charge in [-0.1, -0.05) is 0 Å². The molecule has 0 unspecified atom stereocenters. The van der Waals surface area contributed by atoms with Gasteiger partial charge in [-0.15, -0.1) is 0 Å². The third-order valence-corrected chi connectivity index (χ3v) is 2.81. The highest BCUT2D eigenvalue weighted by Gasteiger charge is 2.28. The van der Waals surface area contributed by atoms with Crippen LogP contribution in [-0.4, -0.2) is 21.4 Å². The second-order valence-corrected chi connectivity index (χ2v) is 4.40. The molecule has 1 N–H and O–H groups in total. The van der Waals surface area contributed by atoms with E-state index in [1.165, 1.54) is 0 Å². The molecule has 2 heterocycles. The van der Waals surface area contributed by atoms with Gasteiger partial charge in [-0.3, -0.25) is 14.9 Å². The molecule has 1 fully saturated rings. The summed E-state index contributed by atoms with van der Waals surface area (Å²) in [6, 6.07) is 0.289. The Bertz CT molecular complexity index is 407. The van der Waals surface area contributed by atoms with Crippen LogP contribution in [0.3, 0.4) is 0 Å². The molecule has 2 amide bonds. The van der Waals surface area contributed by atoms with Crippen LogP contribution in [0.25, 0.3) is 0 Å². The maximum absolute atomic E-state index is 11.3. The van der Waals surface area contributed by atoms with E-state index in [0.29, 0.717) is 12.8 Å².